The number of allylic oxidation sites excluding steroid dienone is 2. The molecular formula is C30H28NO2Pt-. The molecule has 0 amide bonds. The van der Waals surface area contributed by atoms with E-state index in [0.29, 0.717) is 0 Å². The molecular weight excluding hydrogens is 601 g/mol. The van der Waals surface area contributed by atoms with Crippen molar-refractivity contribution >= 4 is 5.78 Å². The first-order chi connectivity index (χ1) is 15.8. The van der Waals surface area contributed by atoms with Crippen LogP contribution in [0, 0.1) is 19.9 Å². The third kappa shape index (κ3) is 7.93. The first-order valence-electron chi connectivity index (χ1n) is 10.8. The molecule has 0 fully saturated rings. The van der Waals surface area contributed by atoms with Crippen LogP contribution in [0.2, 0.25) is 0 Å². The summed E-state index contributed by atoms with van der Waals surface area (Å²) in [5.41, 5.74) is 9.14. The fraction of sp³-hybridized carbons (Fsp3) is 0.133. The number of rotatable bonds is 4. The van der Waals surface area contributed by atoms with Crippen LogP contribution in [0.4, 0.5) is 0 Å². The van der Waals surface area contributed by atoms with Crippen molar-refractivity contribution in [1.82, 2.24) is 4.98 Å². The molecule has 0 spiro atoms. The molecule has 0 aliphatic heterocycles. The Hall–Kier alpha value is -3.29. The van der Waals surface area contributed by atoms with Gasteiger partial charge in [-0.05, 0) is 41.8 Å². The van der Waals surface area contributed by atoms with Crippen LogP contribution in [0.3, 0.4) is 0 Å². The summed E-state index contributed by atoms with van der Waals surface area (Å²) in [4.78, 5) is 14.7. The maximum absolute atomic E-state index is 10.0. The van der Waals surface area contributed by atoms with E-state index in [9.17, 15) is 4.79 Å². The maximum atomic E-state index is 10.0. The minimum atomic E-state index is -0.125. The molecule has 0 radical (unpaired) electrons. The molecule has 4 heteroatoms. The van der Waals surface area contributed by atoms with Gasteiger partial charge >= 0.3 is 0 Å². The van der Waals surface area contributed by atoms with Gasteiger partial charge in [0.1, 0.15) is 0 Å². The molecule has 0 saturated carbocycles. The Bertz CT molecular complexity index is 1220. The number of aromatic nitrogens is 1. The van der Waals surface area contributed by atoms with Gasteiger partial charge in [0.05, 0.1) is 5.76 Å². The van der Waals surface area contributed by atoms with E-state index in [1.165, 1.54) is 42.2 Å². The Kier molecular flexibility index (Phi) is 10.2. The summed E-state index contributed by atoms with van der Waals surface area (Å²) in [5, 5.41) is 8.36. The van der Waals surface area contributed by atoms with E-state index in [2.05, 4.69) is 97.7 Å². The van der Waals surface area contributed by atoms with E-state index in [-0.39, 0.29) is 32.6 Å². The first-order valence-corrected chi connectivity index (χ1v) is 10.8. The predicted molar refractivity (Wildman–Crippen MR) is 136 cm³/mol. The van der Waals surface area contributed by atoms with Gasteiger partial charge < -0.3 is 10.1 Å². The topological polar surface area (TPSA) is 50.2 Å². The second-order valence-corrected chi connectivity index (χ2v) is 8.03. The van der Waals surface area contributed by atoms with Gasteiger partial charge in [-0.3, -0.25) is 4.79 Å². The van der Waals surface area contributed by atoms with E-state index in [0.717, 1.165) is 22.4 Å². The summed E-state index contributed by atoms with van der Waals surface area (Å²) < 4.78 is 0. The van der Waals surface area contributed by atoms with Crippen LogP contribution in [0.15, 0.2) is 96.9 Å². The van der Waals surface area contributed by atoms with Crippen LogP contribution >= 0.6 is 0 Å². The van der Waals surface area contributed by atoms with Crippen LogP contribution in [0.5, 0.6) is 0 Å². The summed E-state index contributed by atoms with van der Waals surface area (Å²) in [6, 6.07) is 30.9. The molecule has 0 saturated heterocycles. The molecule has 1 N–H and O–H groups in total. The van der Waals surface area contributed by atoms with Crippen molar-refractivity contribution in [3.8, 4) is 33.5 Å². The van der Waals surface area contributed by atoms with E-state index in [1.807, 2.05) is 12.3 Å². The van der Waals surface area contributed by atoms with Crippen LogP contribution in [0.1, 0.15) is 25.0 Å². The van der Waals surface area contributed by atoms with Crippen molar-refractivity contribution in [1.29, 1.82) is 0 Å². The Labute approximate surface area is 216 Å². The number of hydrogen-bond acceptors (Lipinski definition) is 3. The molecule has 0 aliphatic rings. The Morgan fingerprint density at radius 2 is 1.38 bits per heavy atom. The number of pyridine rings is 1. The van der Waals surface area contributed by atoms with Gasteiger partial charge in [-0.15, -0.1) is 34.9 Å². The first kappa shape index (κ1) is 27.0. The van der Waals surface area contributed by atoms with Crippen molar-refractivity contribution in [2.24, 2.45) is 0 Å². The Morgan fingerprint density at radius 3 is 1.85 bits per heavy atom. The number of aliphatic hydroxyl groups excluding tert-OH is 1. The zero-order valence-electron chi connectivity index (χ0n) is 19.8. The molecule has 4 aromatic rings. The van der Waals surface area contributed by atoms with E-state index in [4.69, 9.17) is 5.11 Å². The third-order valence-corrected chi connectivity index (χ3v) is 4.92. The number of nitrogens with zero attached hydrogens (tertiary/aromatic N) is 1. The van der Waals surface area contributed by atoms with Crippen molar-refractivity contribution in [2.75, 3.05) is 0 Å². The molecule has 0 atom stereocenters. The average molecular weight is 630 g/mol. The van der Waals surface area contributed by atoms with Crippen LogP contribution in [-0.2, 0) is 25.9 Å². The van der Waals surface area contributed by atoms with Crippen molar-refractivity contribution in [3.05, 3.63) is 114 Å². The smallest absolute Gasteiger partial charge is 0.155 e. The largest absolute Gasteiger partial charge is 0.512 e. The third-order valence-electron chi connectivity index (χ3n) is 4.92. The fourth-order valence-corrected chi connectivity index (χ4v) is 3.54. The number of aliphatic hydroxyl groups is 1. The zero-order valence-corrected chi connectivity index (χ0v) is 22.1. The average Bonchev–Trinajstić information content (AvgIpc) is 2.79. The van der Waals surface area contributed by atoms with E-state index >= 15 is 0 Å². The standard InChI is InChI=1S/C25H20N.C5H8O2.Pt/c1-18-14-19(2)16-24(15-18)25-13-12-23(17-26-25)22-10-8-21(9-11-22)20-6-4-3-5-7-20;1-4(6)3-5(2)7;/h3-15,17H,1-2H3;3,6H,1-2H3;/q-1;;/b;4-3-;. The van der Waals surface area contributed by atoms with Crippen molar-refractivity contribution in [2.45, 2.75) is 27.7 Å². The van der Waals surface area contributed by atoms with Gasteiger partial charge in [0, 0.05) is 33.3 Å². The second kappa shape index (κ2) is 12.8. The van der Waals surface area contributed by atoms with Gasteiger partial charge in [-0.25, -0.2) is 0 Å². The van der Waals surface area contributed by atoms with Crippen LogP contribution in [-0.4, -0.2) is 15.9 Å². The summed E-state index contributed by atoms with van der Waals surface area (Å²) in [5.74, 6) is -0.0625. The fourth-order valence-electron chi connectivity index (χ4n) is 3.54. The normalized spacial score (nSPS) is 10.5. The number of carbonyl (C=O) groups excluding carboxylic acids is 1. The van der Waals surface area contributed by atoms with E-state index < -0.39 is 0 Å². The Balaban J connectivity index is 0.000000449. The number of ketones is 1. The second-order valence-electron chi connectivity index (χ2n) is 8.03. The van der Waals surface area contributed by atoms with Gasteiger partial charge in [-0.1, -0.05) is 80.6 Å². The monoisotopic (exact) mass is 629 g/mol. The van der Waals surface area contributed by atoms with Gasteiger partial charge in [0.2, 0.25) is 0 Å². The molecule has 34 heavy (non-hydrogen) atoms. The molecule has 1 heterocycles. The van der Waals surface area contributed by atoms with Crippen LogP contribution in [0.25, 0.3) is 33.5 Å². The summed E-state index contributed by atoms with van der Waals surface area (Å²) in [7, 11) is 0. The summed E-state index contributed by atoms with van der Waals surface area (Å²) in [6.45, 7) is 7.02. The minimum absolute atomic E-state index is 0. The van der Waals surface area contributed by atoms with E-state index in [1.54, 1.807) is 0 Å². The Morgan fingerprint density at radius 1 is 0.824 bits per heavy atom. The predicted octanol–water partition coefficient (Wildman–Crippen LogP) is 7.53. The molecule has 0 aliphatic carbocycles. The molecule has 3 aromatic carbocycles. The molecule has 1 aromatic heterocycles. The van der Waals surface area contributed by atoms with Crippen LogP contribution < -0.4 is 0 Å². The molecule has 3 nitrogen and oxygen atoms in total. The zero-order chi connectivity index (χ0) is 23.8. The summed E-state index contributed by atoms with van der Waals surface area (Å²) in [6.07, 6.45) is 3.11. The molecule has 0 unspecified atom stereocenters. The summed E-state index contributed by atoms with van der Waals surface area (Å²) >= 11 is 0. The molecule has 4 rings (SSSR count). The molecule has 0 bridgehead atoms. The van der Waals surface area contributed by atoms with Gasteiger partial charge in [0.25, 0.3) is 0 Å². The van der Waals surface area contributed by atoms with Crippen molar-refractivity contribution < 1.29 is 31.0 Å². The minimum Gasteiger partial charge on any atom is -0.512 e. The van der Waals surface area contributed by atoms with Gasteiger partial charge in [-0.2, -0.15) is 0 Å². The van der Waals surface area contributed by atoms with Crippen molar-refractivity contribution in [3.63, 3.8) is 0 Å². The number of benzene rings is 3. The molecule has 176 valence electrons. The maximum Gasteiger partial charge on any atom is 0.155 e. The van der Waals surface area contributed by atoms with Gasteiger partial charge in [0.15, 0.2) is 5.78 Å². The number of hydrogen-bond donors (Lipinski definition) is 1. The SMILES string of the molecule is CC(=O)/C=C(/C)O.Cc1[c-]c(-c2ccc(-c3ccc(-c4ccccc4)cc3)cn2)cc(C)c1.[Pt]. The quantitative estimate of drug-likeness (QED) is 0.144. The number of carbonyl (C=O) groups is 1. The number of aryl methyl sites for hydroxylation is 2.